The van der Waals surface area contributed by atoms with Gasteiger partial charge in [0.15, 0.2) is 0 Å². The van der Waals surface area contributed by atoms with Gasteiger partial charge < -0.3 is 10.3 Å². The molecular formula is C23H27FN4O3S. The zero-order valence-corrected chi connectivity index (χ0v) is 18.7. The van der Waals surface area contributed by atoms with Crippen LogP contribution in [0, 0.1) is 17.7 Å². The molecule has 4 rings (SSSR count). The molecule has 1 saturated carbocycles. The molecule has 3 N–H and O–H groups in total. The van der Waals surface area contributed by atoms with Gasteiger partial charge in [-0.05, 0) is 55.9 Å². The van der Waals surface area contributed by atoms with E-state index in [0.717, 1.165) is 55.2 Å². The second-order valence-electron chi connectivity index (χ2n) is 8.52. The van der Waals surface area contributed by atoms with Gasteiger partial charge in [-0.1, -0.05) is 18.2 Å². The summed E-state index contributed by atoms with van der Waals surface area (Å²) in [5, 5.41) is 2.87. The van der Waals surface area contributed by atoms with Crippen molar-refractivity contribution in [2.45, 2.75) is 38.6 Å². The molecule has 1 aliphatic rings. The molecule has 0 spiro atoms. The molecule has 170 valence electrons. The van der Waals surface area contributed by atoms with Crippen molar-refractivity contribution in [3.8, 4) is 0 Å². The van der Waals surface area contributed by atoms with Crippen LogP contribution in [0.4, 0.5) is 10.1 Å². The first kappa shape index (κ1) is 22.3. The molecule has 0 radical (unpaired) electrons. The molecule has 0 aliphatic heterocycles. The van der Waals surface area contributed by atoms with E-state index in [4.69, 9.17) is 0 Å². The average Bonchev–Trinajstić information content (AvgIpc) is 3.14. The number of nitrogens with one attached hydrogen (secondary N) is 3. The molecule has 0 atom stereocenters. The maximum Gasteiger partial charge on any atom is 0.229 e. The summed E-state index contributed by atoms with van der Waals surface area (Å²) in [5.41, 5.74) is 2.57. The number of nitrogens with zero attached hydrogens (tertiary/aromatic N) is 1. The van der Waals surface area contributed by atoms with Gasteiger partial charge in [0.25, 0.3) is 0 Å². The number of anilines is 1. The molecule has 1 fully saturated rings. The second kappa shape index (κ2) is 9.28. The monoisotopic (exact) mass is 458 g/mol. The van der Waals surface area contributed by atoms with Gasteiger partial charge in [0.05, 0.1) is 23.0 Å². The van der Waals surface area contributed by atoms with Crippen LogP contribution in [0.5, 0.6) is 0 Å². The lowest BCUT2D eigenvalue weighted by Gasteiger charge is -2.27. The number of halogens is 1. The van der Waals surface area contributed by atoms with Gasteiger partial charge in [-0.15, -0.1) is 0 Å². The molecule has 1 amide bonds. The number of amides is 1. The predicted molar refractivity (Wildman–Crippen MR) is 122 cm³/mol. The van der Waals surface area contributed by atoms with Gasteiger partial charge in [-0.25, -0.2) is 17.8 Å². The number of fused-ring (bicyclic) bond motifs is 1. The van der Waals surface area contributed by atoms with Crippen molar-refractivity contribution in [3.63, 3.8) is 0 Å². The molecule has 2 aromatic carbocycles. The van der Waals surface area contributed by atoms with Gasteiger partial charge in [0.2, 0.25) is 15.9 Å². The van der Waals surface area contributed by atoms with Crippen molar-refractivity contribution in [1.82, 2.24) is 15.3 Å². The van der Waals surface area contributed by atoms with Crippen molar-refractivity contribution in [2.24, 2.45) is 11.8 Å². The molecule has 32 heavy (non-hydrogen) atoms. The molecule has 1 aliphatic carbocycles. The van der Waals surface area contributed by atoms with Crippen LogP contribution >= 0.6 is 0 Å². The zero-order chi connectivity index (χ0) is 22.7. The van der Waals surface area contributed by atoms with Crippen LogP contribution in [-0.4, -0.2) is 30.5 Å². The summed E-state index contributed by atoms with van der Waals surface area (Å²) in [5.74, 6) is 0.935. The van der Waals surface area contributed by atoms with Crippen LogP contribution in [0.2, 0.25) is 0 Å². The van der Waals surface area contributed by atoms with E-state index >= 15 is 0 Å². The highest BCUT2D eigenvalue weighted by molar-refractivity contribution is 7.92. The van der Waals surface area contributed by atoms with E-state index in [1.54, 1.807) is 36.4 Å². The second-order valence-corrected chi connectivity index (χ2v) is 10.3. The Morgan fingerprint density at radius 2 is 1.91 bits per heavy atom. The zero-order valence-electron chi connectivity index (χ0n) is 17.9. The molecule has 3 aromatic rings. The number of carbonyl (C=O) groups is 1. The number of rotatable bonds is 7. The third-order valence-corrected chi connectivity index (χ3v) is 6.55. The van der Waals surface area contributed by atoms with E-state index < -0.39 is 10.0 Å². The first-order valence-electron chi connectivity index (χ1n) is 10.7. The fourth-order valence-corrected chi connectivity index (χ4v) is 4.86. The summed E-state index contributed by atoms with van der Waals surface area (Å²) in [6.45, 7) is 0.209. The van der Waals surface area contributed by atoms with Gasteiger partial charge in [-0.2, -0.15) is 0 Å². The third-order valence-electron chi connectivity index (χ3n) is 5.94. The van der Waals surface area contributed by atoms with E-state index in [0.29, 0.717) is 17.2 Å². The number of imidazole rings is 1. The van der Waals surface area contributed by atoms with Crippen molar-refractivity contribution >= 4 is 32.7 Å². The number of hydrogen-bond acceptors (Lipinski definition) is 4. The number of hydrogen-bond donors (Lipinski definition) is 3. The van der Waals surface area contributed by atoms with Gasteiger partial charge in [0.1, 0.15) is 11.6 Å². The summed E-state index contributed by atoms with van der Waals surface area (Å²) < 4.78 is 39.0. The number of benzene rings is 2. The van der Waals surface area contributed by atoms with Crippen molar-refractivity contribution in [1.29, 1.82) is 0 Å². The molecule has 0 saturated heterocycles. The minimum atomic E-state index is -3.33. The Morgan fingerprint density at radius 3 is 2.62 bits per heavy atom. The maximum atomic E-state index is 13.7. The molecule has 1 heterocycles. The molecule has 1 aromatic heterocycles. The van der Waals surface area contributed by atoms with E-state index in [2.05, 4.69) is 20.0 Å². The van der Waals surface area contributed by atoms with Crippen LogP contribution in [0.3, 0.4) is 0 Å². The molecule has 0 unspecified atom stereocenters. The molecular weight excluding hydrogens is 431 g/mol. The standard InChI is InChI=1S/C23H27FN4O3S/c1-32(30,31)28-18-10-11-20-21(13-18)27-22(26-20)12-15-6-8-16(9-7-15)23(29)25-14-17-4-2-3-5-19(17)24/h2-5,10-11,13,15-16,28H,6-9,12,14H2,1H3,(H,25,29)(H,26,27). The predicted octanol–water partition coefficient (Wildman–Crippen LogP) is 3.74. The highest BCUT2D eigenvalue weighted by atomic mass is 32.2. The topological polar surface area (TPSA) is 104 Å². The molecule has 7 nitrogen and oxygen atoms in total. The Labute approximate surface area is 186 Å². The number of aromatic amines is 1. The van der Waals surface area contributed by atoms with Crippen LogP contribution in [0.1, 0.15) is 37.1 Å². The fourth-order valence-electron chi connectivity index (χ4n) is 4.31. The van der Waals surface area contributed by atoms with Crippen LogP contribution in [0.15, 0.2) is 42.5 Å². The molecule has 0 bridgehead atoms. The number of sulfonamides is 1. The minimum absolute atomic E-state index is 0.0126. The van der Waals surface area contributed by atoms with E-state index in [9.17, 15) is 17.6 Å². The van der Waals surface area contributed by atoms with E-state index in [-0.39, 0.29) is 24.2 Å². The molecule has 9 heteroatoms. The van der Waals surface area contributed by atoms with E-state index in [1.807, 2.05) is 0 Å². The lowest BCUT2D eigenvalue weighted by molar-refractivity contribution is -0.126. The highest BCUT2D eigenvalue weighted by Gasteiger charge is 2.27. The summed E-state index contributed by atoms with van der Waals surface area (Å²) in [6, 6.07) is 11.7. The van der Waals surface area contributed by atoms with Crippen LogP contribution < -0.4 is 10.0 Å². The Balaban J connectivity index is 1.29. The van der Waals surface area contributed by atoms with Gasteiger partial charge in [0, 0.05) is 24.4 Å². The van der Waals surface area contributed by atoms with Gasteiger partial charge >= 0.3 is 0 Å². The number of aromatic nitrogens is 2. The summed E-state index contributed by atoms with van der Waals surface area (Å²) >= 11 is 0. The average molecular weight is 459 g/mol. The lowest BCUT2D eigenvalue weighted by atomic mass is 9.80. The SMILES string of the molecule is CS(=O)(=O)Nc1ccc2nc(CC3CCC(C(=O)NCc4ccccc4F)CC3)[nH]c2c1. The first-order valence-corrected chi connectivity index (χ1v) is 12.6. The minimum Gasteiger partial charge on any atom is -0.352 e. The Morgan fingerprint density at radius 1 is 1.16 bits per heavy atom. The Hall–Kier alpha value is -2.94. The maximum absolute atomic E-state index is 13.7. The largest absolute Gasteiger partial charge is 0.352 e. The van der Waals surface area contributed by atoms with E-state index in [1.165, 1.54) is 6.07 Å². The Bertz CT molecular complexity index is 1220. The first-order chi connectivity index (χ1) is 15.3. The normalized spacial score (nSPS) is 19.1. The lowest BCUT2D eigenvalue weighted by Crippen LogP contribution is -2.33. The van der Waals surface area contributed by atoms with Crippen LogP contribution in [0.25, 0.3) is 11.0 Å². The van der Waals surface area contributed by atoms with Crippen molar-refractivity contribution in [3.05, 3.63) is 59.7 Å². The number of carbonyl (C=O) groups excluding carboxylic acids is 1. The quantitative estimate of drug-likeness (QED) is 0.502. The summed E-state index contributed by atoms with van der Waals surface area (Å²) in [6.07, 6.45) is 5.36. The fraction of sp³-hybridized carbons (Fsp3) is 0.391. The van der Waals surface area contributed by atoms with Crippen molar-refractivity contribution < 1.29 is 17.6 Å². The Kier molecular flexibility index (Phi) is 6.45. The smallest absolute Gasteiger partial charge is 0.229 e. The van der Waals surface area contributed by atoms with Crippen molar-refractivity contribution in [2.75, 3.05) is 11.0 Å². The highest BCUT2D eigenvalue weighted by Crippen LogP contribution is 2.31. The van der Waals surface area contributed by atoms with Gasteiger partial charge in [-0.3, -0.25) is 9.52 Å². The number of H-pyrrole nitrogens is 1. The third kappa shape index (κ3) is 5.64. The van der Waals surface area contributed by atoms with Crippen LogP contribution in [-0.2, 0) is 27.8 Å². The summed E-state index contributed by atoms with van der Waals surface area (Å²) in [4.78, 5) is 20.4. The summed E-state index contributed by atoms with van der Waals surface area (Å²) in [7, 11) is -3.33.